The minimum atomic E-state index is -0.342. The first-order valence-corrected chi connectivity index (χ1v) is 4.55. The molecule has 0 spiro atoms. The first kappa shape index (κ1) is 13.1. The summed E-state index contributed by atoms with van der Waals surface area (Å²) < 4.78 is 14.8. The highest BCUT2D eigenvalue weighted by Crippen LogP contribution is 1.83. The van der Waals surface area contributed by atoms with E-state index >= 15 is 0 Å². The minimum absolute atomic E-state index is 0.271. The summed E-state index contributed by atoms with van der Waals surface area (Å²) in [5.74, 6) is -0.342. The Morgan fingerprint density at radius 2 is 1.86 bits per heavy atom. The van der Waals surface area contributed by atoms with Crippen molar-refractivity contribution in [2.75, 3.05) is 33.0 Å². The highest BCUT2D eigenvalue weighted by molar-refractivity contribution is 5.81. The molecule has 1 radical (unpaired) electrons. The lowest BCUT2D eigenvalue weighted by Gasteiger charge is -2.04. The second-order valence-electron chi connectivity index (χ2n) is 2.39. The van der Waals surface area contributed by atoms with Crippen molar-refractivity contribution >= 4 is 5.97 Å². The van der Waals surface area contributed by atoms with Crippen LogP contribution in [0.1, 0.15) is 6.92 Å². The lowest BCUT2D eigenvalue weighted by atomic mass is 10.5. The number of esters is 1. The number of rotatable bonds is 8. The van der Waals surface area contributed by atoms with Crippen LogP contribution in [0.5, 0.6) is 0 Å². The van der Waals surface area contributed by atoms with Gasteiger partial charge in [0.2, 0.25) is 0 Å². The molecule has 0 heterocycles. The molecule has 0 atom stereocenters. The lowest BCUT2D eigenvalue weighted by molar-refractivity contribution is -0.139. The van der Waals surface area contributed by atoms with Gasteiger partial charge in [-0.15, -0.1) is 0 Å². The number of hydrogen-bond acceptors (Lipinski definition) is 4. The third kappa shape index (κ3) is 9.22. The van der Waals surface area contributed by atoms with Gasteiger partial charge in [0.15, 0.2) is 0 Å². The van der Waals surface area contributed by atoms with Crippen LogP contribution in [-0.4, -0.2) is 39.0 Å². The van der Waals surface area contributed by atoms with Crippen LogP contribution in [0.4, 0.5) is 0 Å². The van der Waals surface area contributed by atoms with E-state index in [9.17, 15) is 4.79 Å². The van der Waals surface area contributed by atoms with E-state index < -0.39 is 0 Å². The maximum atomic E-state index is 10.8. The topological polar surface area (TPSA) is 44.8 Å². The number of carbonyl (C=O) groups excluding carboxylic acids is 1. The minimum Gasteiger partial charge on any atom is -0.460 e. The Morgan fingerprint density at radius 3 is 2.50 bits per heavy atom. The third-order valence-electron chi connectivity index (χ3n) is 1.29. The number of carbonyl (C=O) groups is 1. The summed E-state index contributed by atoms with van der Waals surface area (Å²) in [5.41, 5.74) is 0. The Morgan fingerprint density at radius 1 is 1.21 bits per heavy atom. The summed E-state index contributed by atoms with van der Waals surface area (Å²) in [7, 11) is 0. The largest absolute Gasteiger partial charge is 0.460 e. The number of hydrogen-bond donors (Lipinski definition) is 0. The lowest BCUT2D eigenvalue weighted by Crippen LogP contribution is -2.11. The molecule has 0 aromatic heterocycles. The van der Waals surface area contributed by atoms with Gasteiger partial charge in [0, 0.05) is 12.7 Å². The third-order valence-corrected chi connectivity index (χ3v) is 1.29. The van der Waals surface area contributed by atoms with Gasteiger partial charge in [-0.1, -0.05) is 6.08 Å². The molecular formula is C10H17O4. The summed E-state index contributed by atoms with van der Waals surface area (Å²) in [6.07, 6.45) is 3.00. The van der Waals surface area contributed by atoms with Gasteiger partial charge in [-0.05, 0) is 13.8 Å². The van der Waals surface area contributed by atoms with Crippen molar-refractivity contribution in [1.82, 2.24) is 0 Å². The highest BCUT2D eigenvalue weighted by atomic mass is 16.6. The fourth-order valence-corrected chi connectivity index (χ4v) is 0.707. The Kier molecular flexibility index (Phi) is 9.58. The summed E-state index contributed by atoms with van der Waals surface area (Å²) >= 11 is 0. The zero-order chi connectivity index (χ0) is 10.6. The molecule has 0 amide bonds. The van der Waals surface area contributed by atoms with Crippen molar-refractivity contribution < 1.29 is 19.0 Å². The first-order chi connectivity index (χ1) is 6.81. The van der Waals surface area contributed by atoms with Crippen LogP contribution in [0.3, 0.4) is 0 Å². The monoisotopic (exact) mass is 201 g/mol. The molecule has 4 nitrogen and oxygen atoms in total. The fourth-order valence-electron chi connectivity index (χ4n) is 0.707. The molecule has 81 valence electrons. The highest BCUT2D eigenvalue weighted by Gasteiger charge is 1.95. The summed E-state index contributed by atoms with van der Waals surface area (Å²) in [6, 6.07) is 0. The smallest absolute Gasteiger partial charge is 0.330 e. The first-order valence-electron chi connectivity index (χ1n) is 4.55. The van der Waals surface area contributed by atoms with Crippen LogP contribution in [-0.2, 0) is 19.0 Å². The molecule has 0 bridgehead atoms. The molecule has 4 heteroatoms. The SMILES string of the molecule is [CH2]COCCOCCOC(=O)C=CC. The molecule has 0 fully saturated rings. The molecule has 0 rings (SSSR count). The van der Waals surface area contributed by atoms with Crippen LogP contribution in [0, 0.1) is 6.92 Å². The zero-order valence-corrected chi connectivity index (χ0v) is 8.53. The second-order valence-corrected chi connectivity index (χ2v) is 2.39. The quantitative estimate of drug-likeness (QED) is 0.333. The molecule has 14 heavy (non-hydrogen) atoms. The molecule has 0 aliphatic carbocycles. The van der Waals surface area contributed by atoms with Crippen molar-refractivity contribution in [3.8, 4) is 0 Å². The Hall–Kier alpha value is -0.870. The van der Waals surface area contributed by atoms with Crippen molar-refractivity contribution in [3.63, 3.8) is 0 Å². The van der Waals surface area contributed by atoms with Crippen LogP contribution in [0.25, 0.3) is 0 Å². The molecule has 0 aromatic carbocycles. The van der Waals surface area contributed by atoms with E-state index in [2.05, 4.69) is 6.92 Å². The molecule has 0 unspecified atom stereocenters. The Bertz CT molecular complexity index is 166. The molecule has 0 aromatic rings. The summed E-state index contributed by atoms with van der Waals surface area (Å²) in [6.45, 7) is 7.39. The van der Waals surface area contributed by atoms with Gasteiger partial charge in [-0.25, -0.2) is 4.79 Å². The number of allylic oxidation sites excluding steroid dienone is 1. The van der Waals surface area contributed by atoms with E-state index in [1.807, 2.05) is 0 Å². The molecule has 0 N–H and O–H groups in total. The maximum absolute atomic E-state index is 10.8. The van der Waals surface area contributed by atoms with Crippen LogP contribution >= 0.6 is 0 Å². The normalized spacial score (nSPS) is 10.7. The van der Waals surface area contributed by atoms with Crippen molar-refractivity contribution in [3.05, 3.63) is 19.1 Å². The van der Waals surface area contributed by atoms with Crippen molar-refractivity contribution in [2.24, 2.45) is 0 Å². The average Bonchev–Trinajstić information content (AvgIpc) is 2.17. The molecule has 0 aliphatic heterocycles. The average molecular weight is 201 g/mol. The van der Waals surface area contributed by atoms with Gasteiger partial charge < -0.3 is 14.2 Å². The van der Waals surface area contributed by atoms with E-state index in [0.29, 0.717) is 26.4 Å². The van der Waals surface area contributed by atoms with Crippen molar-refractivity contribution in [1.29, 1.82) is 0 Å². The van der Waals surface area contributed by atoms with E-state index in [0.717, 1.165) is 0 Å². The van der Waals surface area contributed by atoms with Crippen molar-refractivity contribution in [2.45, 2.75) is 6.92 Å². The van der Waals surface area contributed by atoms with Gasteiger partial charge in [-0.3, -0.25) is 0 Å². The van der Waals surface area contributed by atoms with Gasteiger partial charge in [0.05, 0.1) is 19.8 Å². The van der Waals surface area contributed by atoms with Gasteiger partial charge in [-0.2, -0.15) is 0 Å². The fraction of sp³-hybridized carbons (Fsp3) is 0.600. The second kappa shape index (κ2) is 10.2. The van der Waals surface area contributed by atoms with E-state index in [1.165, 1.54) is 6.08 Å². The van der Waals surface area contributed by atoms with Crippen LogP contribution in [0.15, 0.2) is 12.2 Å². The van der Waals surface area contributed by atoms with Crippen LogP contribution in [0.2, 0.25) is 0 Å². The van der Waals surface area contributed by atoms with Crippen LogP contribution < -0.4 is 0 Å². The molecule has 0 aliphatic rings. The summed E-state index contributed by atoms with van der Waals surface area (Å²) in [4.78, 5) is 10.8. The van der Waals surface area contributed by atoms with Gasteiger partial charge in [0.25, 0.3) is 0 Å². The van der Waals surface area contributed by atoms with E-state index in [-0.39, 0.29) is 12.6 Å². The predicted octanol–water partition coefficient (Wildman–Crippen LogP) is 0.973. The molecule has 0 saturated heterocycles. The zero-order valence-electron chi connectivity index (χ0n) is 8.53. The summed E-state index contributed by atoms with van der Waals surface area (Å²) in [5, 5.41) is 0. The van der Waals surface area contributed by atoms with E-state index in [1.54, 1.807) is 13.0 Å². The number of ether oxygens (including phenoxy) is 3. The Labute approximate surface area is 84.8 Å². The molecular weight excluding hydrogens is 184 g/mol. The van der Waals surface area contributed by atoms with Gasteiger partial charge in [0.1, 0.15) is 6.61 Å². The van der Waals surface area contributed by atoms with E-state index in [4.69, 9.17) is 14.2 Å². The Balaban J connectivity index is 3.09. The van der Waals surface area contributed by atoms with Gasteiger partial charge >= 0.3 is 5.97 Å². The molecule has 0 saturated carbocycles. The predicted molar refractivity (Wildman–Crippen MR) is 52.8 cm³/mol. The maximum Gasteiger partial charge on any atom is 0.330 e. The standard InChI is InChI=1S/C10H17O4/c1-3-5-10(11)14-9-8-13-7-6-12-4-2/h3,5H,2,4,6-9H2,1H3.